The minimum atomic E-state index is 0.412. The Morgan fingerprint density at radius 2 is 0.578 bits per heavy atom. The number of H-pyrrole nitrogens is 2. The van der Waals surface area contributed by atoms with Crippen molar-refractivity contribution < 1.29 is 18.9 Å². The van der Waals surface area contributed by atoms with Crippen LogP contribution >= 0.6 is 0 Å². The van der Waals surface area contributed by atoms with E-state index in [9.17, 15) is 0 Å². The van der Waals surface area contributed by atoms with Gasteiger partial charge in [0.2, 0.25) is 0 Å². The number of nitrogens with zero attached hydrogens (tertiary/aromatic N) is 2. The van der Waals surface area contributed by atoms with Gasteiger partial charge in [0.05, 0.1) is 22.8 Å². The predicted octanol–water partition coefficient (Wildman–Crippen LogP) is 13.6. The number of hydrogen-bond acceptors (Lipinski definition) is 6. The van der Waals surface area contributed by atoms with Crippen molar-refractivity contribution >= 4 is 46.4 Å². The second-order valence-electron chi connectivity index (χ2n) is 15.0. The standard InChI is InChI=1S/C56H46N4O4/c1-5-33-61-41-17-9-37(10-18-41)53-45-25-27-47(57-45)54(38-11-19-42(20-12-38)62-34-6-2)49-29-31-51(59-49)56(40-15-23-44(24-16-40)64-36-8-4)52-32-30-50(60-52)55(48-28-26-46(53)58-48)39-13-21-43(22-14-39)63-35-7-3/h5-32,57-58H,1-4,33-36H2. The van der Waals surface area contributed by atoms with Gasteiger partial charge in [0.25, 0.3) is 0 Å². The van der Waals surface area contributed by atoms with Gasteiger partial charge in [-0.05, 0) is 119 Å². The van der Waals surface area contributed by atoms with Crippen LogP contribution in [0.2, 0.25) is 0 Å². The van der Waals surface area contributed by atoms with Crippen LogP contribution in [0.5, 0.6) is 23.0 Å². The monoisotopic (exact) mass is 838 g/mol. The summed E-state index contributed by atoms with van der Waals surface area (Å²) in [5, 5.41) is 0. The molecule has 4 aromatic carbocycles. The lowest BCUT2D eigenvalue weighted by Crippen LogP contribution is -1.94. The summed E-state index contributed by atoms with van der Waals surface area (Å²) < 4.78 is 23.5. The molecule has 2 aliphatic rings. The molecule has 0 saturated carbocycles. The molecule has 0 atom stereocenters. The van der Waals surface area contributed by atoms with Crippen molar-refractivity contribution in [1.29, 1.82) is 0 Å². The summed E-state index contributed by atoms with van der Waals surface area (Å²) in [5.41, 5.74) is 14.4. The molecule has 64 heavy (non-hydrogen) atoms. The number of aromatic nitrogens is 4. The third-order valence-corrected chi connectivity index (χ3v) is 10.8. The molecular weight excluding hydrogens is 793 g/mol. The van der Waals surface area contributed by atoms with Gasteiger partial charge in [0, 0.05) is 44.3 Å². The molecule has 8 nitrogen and oxygen atoms in total. The summed E-state index contributed by atoms with van der Waals surface area (Å²) in [5.74, 6) is 3.01. The van der Waals surface area contributed by atoms with Gasteiger partial charge in [-0.3, -0.25) is 0 Å². The maximum absolute atomic E-state index is 5.88. The quantitative estimate of drug-likeness (QED) is 0.0941. The lowest BCUT2D eigenvalue weighted by Gasteiger charge is -2.09. The summed E-state index contributed by atoms with van der Waals surface area (Å²) in [4.78, 5) is 18.5. The van der Waals surface area contributed by atoms with Crippen molar-refractivity contribution in [3.63, 3.8) is 0 Å². The minimum absolute atomic E-state index is 0.412. The summed E-state index contributed by atoms with van der Waals surface area (Å²) in [6.45, 7) is 16.9. The van der Waals surface area contributed by atoms with Crippen LogP contribution in [0.3, 0.4) is 0 Å². The molecule has 0 amide bonds. The average Bonchev–Trinajstić information content (AvgIpc) is 4.19. The lowest BCUT2D eigenvalue weighted by atomic mass is 10.0. The van der Waals surface area contributed by atoms with Crippen LogP contribution in [0.15, 0.2) is 172 Å². The first-order valence-electron chi connectivity index (χ1n) is 21.1. The highest BCUT2D eigenvalue weighted by Crippen LogP contribution is 2.39. The highest BCUT2D eigenvalue weighted by atomic mass is 16.5. The largest absolute Gasteiger partial charge is 0.490 e. The number of benzene rings is 4. The maximum Gasteiger partial charge on any atom is 0.119 e. The second-order valence-corrected chi connectivity index (χ2v) is 15.0. The Bertz CT molecular complexity index is 2940. The topological polar surface area (TPSA) is 94.3 Å². The van der Waals surface area contributed by atoms with E-state index < -0.39 is 0 Å². The van der Waals surface area contributed by atoms with Crippen LogP contribution in [0.1, 0.15) is 22.8 Å². The fourth-order valence-corrected chi connectivity index (χ4v) is 7.91. The molecule has 314 valence electrons. The number of rotatable bonds is 16. The summed E-state index contributed by atoms with van der Waals surface area (Å²) in [6.07, 6.45) is 15.2. The second kappa shape index (κ2) is 18.7. The summed E-state index contributed by atoms with van der Waals surface area (Å²) >= 11 is 0. The first-order chi connectivity index (χ1) is 31.5. The van der Waals surface area contributed by atoms with E-state index in [1.54, 1.807) is 24.3 Å². The molecule has 8 heteroatoms. The van der Waals surface area contributed by atoms with Crippen molar-refractivity contribution in [3.05, 3.63) is 195 Å². The van der Waals surface area contributed by atoms with E-state index in [1.165, 1.54) is 0 Å². The zero-order chi connectivity index (χ0) is 43.8. The first kappa shape index (κ1) is 41.0. The van der Waals surface area contributed by atoms with Crippen LogP contribution in [-0.4, -0.2) is 46.4 Å². The van der Waals surface area contributed by atoms with Gasteiger partial charge in [0.15, 0.2) is 0 Å². The molecule has 7 aromatic rings. The zero-order valence-electron chi connectivity index (χ0n) is 35.4. The van der Waals surface area contributed by atoms with Crippen molar-refractivity contribution in [2.75, 3.05) is 26.4 Å². The summed E-state index contributed by atoms with van der Waals surface area (Å²) in [6, 6.07) is 40.9. The van der Waals surface area contributed by atoms with Crippen LogP contribution < -0.4 is 18.9 Å². The van der Waals surface area contributed by atoms with E-state index >= 15 is 0 Å². The van der Waals surface area contributed by atoms with Gasteiger partial charge in [-0.1, -0.05) is 99.2 Å². The van der Waals surface area contributed by atoms with Gasteiger partial charge in [0.1, 0.15) is 49.4 Å². The minimum Gasteiger partial charge on any atom is -0.490 e. The van der Waals surface area contributed by atoms with Crippen molar-refractivity contribution in [2.45, 2.75) is 0 Å². The van der Waals surface area contributed by atoms with Crippen LogP contribution in [0, 0.1) is 0 Å². The number of fused-ring (bicyclic) bond motifs is 8. The van der Waals surface area contributed by atoms with E-state index in [0.29, 0.717) is 26.4 Å². The van der Waals surface area contributed by atoms with E-state index in [-0.39, 0.29) is 0 Å². The summed E-state index contributed by atoms with van der Waals surface area (Å²) in [7, 11) is 0. The van der Waals surface area contributed by atoms with Gasteiger partial charge >= 0.3 is 0 Å². The van der Waals surface area contributed by atoms with E-state index in [4.69, 9.17) is 28.9 Å². The molecular formula is C56H46N4O4. The molecule has 9 rings (SSSR count). The molecule has 2 N–H and O–H groups in total. The molecule has 0 fully saturated rings. The molecule has 0 saturated heterocycles. The zero-order valence-corrected chi connectivity index (χ0v) is 35.4. The van der Waals surface area contributed by atoms with Crippen LogP contribution in [-0.2, 0) is 0 Å². The molecule has 0 radical (unpaired) electrons. The average molecular weight is 839 g/mol. The van der Waals surface area contributed by atoms with Gasteiger partial charge < -0.3 is 28.9 Å². The van der Waals surface area contributed by atoms with Crippen molar-refractivity contribution in [2.24, 2.45) is 0 Å². The van der Waals surface area contributed by atoms with E-state index in [1.807, 2.05) is 48.5 Å². The Labute approximate surface area is 372 Å². The number of aromatic amines is 2. The first-order valence-corrected chi connectivity index (χ1v) is 21.1. The van der Waals surface area contributed by atoms with E-state index in [0.717, 1.165) is 112 Å². The molecule has 3 aromatic heterocycles. The number of ether oxygens (including phenoxy) is 4. The highest BCUT2D eigenvalue weighted by molar-refractivity contribution is 6.00. The smallest absolute Gasteiger partial charge is 0.119 e. The fourth-order valence-electron chi connectivity index (χ4n) is 7.91. The fraction of sp³-hybridized carbons (Fsp3) is 0.0714. The Kier molecular flexibility index (Phi) is 12.0. The number of hydrogen-bond donors (Lipinski definition) is 2. The van der Waals surface area contributed by atoms with Gasteiger partial charge in [-0.25, -0.2) is 9.97 Å². The normalized spacial score (nSPS) is 11.5. The van der Waals surface area contributed by atoms with Crippen molar-refractivity contribution in [3.8, 4) is 67.5 Å². The van der Waals surface area contributed by atoms with Crippen molar-refractivity contribution in [1.82, 2.24) is 19.9 Å². The Hall–Kier alpha value is -8.36. The third-order valence-electron chi connectivity index (χ3n) is 10.8. The molecule has 2 aliphatic heterocycles. The maximum atomic E-state index is 5.88. The van der Waals surface area contributed by atoms with Crippen LogP contribution in [0.25, 0.3) is 90.9 Å². The SMILES string of the molecule is C=CCOc1ccc(-c2c3nc(c(-c4ccc(OCC=C)cc4)c4ccc([nH]4)c(-c4ccc(OCC=C)cc4)c4ccc([nH]4)c(-c4ccc(OCC=C)cc4)c4nc2C=C4)C=C3)cc1. The third kappa shape index (κ3) is 8.58. The molecule has 0 aliphatic carbocycles. The van der Waals surface area contributed by atoms with Crippen LogP contribution in [0.4, 0.5) is 0 Å². The Balaban J connectivity index is 1.36. The number of nitrogens with one attached hydrogen (secondary N) is 2. The predicted molar refractivity (Wildman–Crippen MR) is 263 cm³/mol. The van der Waals surface area contributed by atoms with E-state index in [2.05, 4.69) is 133 Å². The molecule has 8 bridgehead atoms. The molecule has 0 unspecified atom stereocenters. The molecule has 5 heterocycles. The molecule has 0 spiro atoms. The Morgan fingerprint density at radius 3 is 0.875 bits per heavy atom. The van der Waals surface area contributed by atoms with Gasteiger partial charge in [-0.15, -0.1) is 0 Å². The van der Waals surface area contributed by atoms with Gasteiger partial charge in [-0.2, -0.15) is 0 Å². The highest BCUT2D eigenvalue weighted by Gasteiger charge is 2.20. The lowest BCUT2D eigenvalue weighted by molar-refractivity contribution is 0.363. The Morgan fingerprint density at radius 1 is 0.328 bits per heavy atom.